The molecule has 0 bridgehead atoms. The summed E-state index contributed by atoms with van der Waals surface area (Å²) in [4.78, 5) is 51.7. The van der Waals surface area contributed by atoms with Crippen molar-refractivity contribution in [3.8, 4) is 34.8 Å². The van der Waals surface area contributed by atoms with E-state index in [1.807, 2.05) is 32.9 Å². The number of allylic oxidation sites excluding steroid dienone is 2. The molecule has 2 aromatic carbocycles. The van der Waals surface area contributed by atoms with E-state index >= 15 is 0 Å². The summed E-state index contributed by atoms with van der Waals surface area (Å²) >= 11 is 0. The van der Waals surface area contributed by atoms with Gasteiger partial charge in [-0.2, -0.15) is 0 Å². The summed E-state index contributed by atoms with van der Waals surface area (Å²) in [6.45, 7) is 8.86. The van der Waals surface area contributed by atoms with Crippen LogP contribution < -0.4 is 19.5 Å². The SMILES string of the molecule is CCC#CCOc1cc(C)c(CNC(=O)c2c(OC)cc(O)c3c2OC2=CC(=O)C(C(C)=O)C(=O)[C@]23C)c(C)c1. The highest BCUT2D eigenvalue weighted by Crippen LogP contribution is 2.56. The molecular formula is C31H31NO8. The number of fused-ring (bicyclic) bond motifs is 3. The number of ether oxygens (including phenoxy) is 3. The fourth-order valence-electron chi connectivity index (χ4n) is 5.22. The Morgan fingerprint density at radius 3 is 2.42 bits per heavy atom. The number of rotatable bonds is 7. The molecule has 0 spiro atoms. The quantitative estimate of drug-likeness (QED) is 0.399. The minimum Gasteiger partial charge on any atom is -0.507 e. The summed E-state index contributed by atoms with van der Waals surface area (Å²) < 4.78 is 17.0. The van der Waals surface area contributed by atoms with Gasteiger partial charge in [0.2, 0.25) is 0 Å². The van der Waals surface area contributed by atoms with Gasteiger partial charge in [0.25, 0.3) is 5.91 Å². The third-order valence-electron chi connectivity index (χ3n) is 7.30. The number of nitrogens with one attached hydrogen (secondary N) is 1. The molecule has 9 nitrogen and oxygen atoms in total. The van der Waals surface area contributed by atoms with Crippen LogP contribution in [0.1, 0.15) is 59.8 Å². The number of phenolic OH excluding ortho intramolecular Hbond substituents is 1. The van der Waals surface area contributed by atoms with E-state index in [-0.39, 0.29) is 47.3 Å². The average molecular weight is 546 g/mol. The first-order chi connectivity index (χ1) is 18.9. The zero-order chi connectivity index (χ0) is 29.4. The van der Waals surface area contributed by atoms with Gasteiger partial charge in [-0.1, -0.05) is 12.8 Å². The molecule has 1 aliphatic heterocycles. The maximum absolute atomic E-state index is 13.6. The molecule has 40 heavy (non-hydrogen) atoms. The Balaban J connectivity index is 1.67. The molecule has 4 rings (SSSR count). The van der Waals surface area contributed by atoms with Crippen LogP contribution in [0.4, 0.5) is 0 Å². The van der Waals surface area contributed by atoms with Crippen LogP contribution in [0.5, 0.6) is 23.0 Å². The molecule has 2 atom stereocenters. The predicted octanol–water partition coefficient (Wildman–Crippen LogP) is 3.63. The van der Waals surface area contributed by atoms with Gasteiger partial charge in [0.05, 0.1) is 12.7 Å². The van der Waals surface area contributed by atoms with Crippen molar-refractivity contribution in [2.24, 2.45) is 5.92 Å². The third-order valence-corrected chi connectivity index (χ3v) is 7.30. The van der Waals surface area contributed by atoms with Gasteiger partial charge in [-0.25, -0.2) is 0 Å². The first-order valence-corrected chi connectivity index (χ1v) is 12.9. The third kappa shape index (κ3) is 4.70. The van der Waals surface area contributed by atoms with Gasteiger partial charge in [0, 0.05) is 25.1 Å². The summed E-state index contributed by atoms with van der Waals surface area (Å²) in [5.41, 5.74) is 1.02. The molecule has 1 amide bonds. The van der Waals surface area contributed by atoms with Crippen LogP contribution in [-0.2, 0) is 26.3 Å². The first kappa shape index (κ1) is 28.4. The van der Waals surface area contributed by atoms with Crippen LogP contribution in [0.2, 0.25) is 0 Å². The molecule has 9 heteroatoms. The highest BCUT2D eigenvalue weighted by Gasteiger charge is 2.58. The van der Waals surface area contributed by atoms with Gasteiger partial charge in [0.15, 0.2) is 17.3 Å². The minimum absolute atomic E-state index is 0.00786. The Labute approximate surface area is 232 Å². The number of carbonyl (C=O) groups excluding carboxylic acids is 4. The normalized spacial score (nSPS) is 18.9. The van der Waals surface area contributed by atoms with Crippen LogP contribution >= 0.6 is 0 Å². The molecule has 0 aromatic heterocycles. The standard InChI is InChI=1S/C31H31NO8/c1-7-8-9-10-39-19-11-16(2)20(17(3)12-19)15-32-30(37)26-23(38-6)13-22(35)27-28(26)40-24-14-21(34)25(18(4)33)29(36)31(24,27)5/h11-14,25,35H,7,10,15H2,1-6H3,(H,32,37)/t25?,31-/m1/s1. The van der Waals surface area contributed by atoms with Gasteiger partial charge in [0.1, 0.15) is 52.3 Å². The number of aryl methyl sites for hydroxylation is 2. The highest BCUT2D eigenvalue weighted by atomic mass is 16.5. The molecule has 1 heterocycles. The zero-order valence-corrected chi connectivity index (χ0v) is 23.3. The van der Waals surface area contributed by atoms with E-state index in [9.17, 15) is 24.3 Å². The fraction of sp³-hybridized carbons (Fsp3) is 0.355. The van der Waals surface area contributed by atoms with Crippen LogP contribution in [0.25, 0.3) is 0 Å². The summed E-state index contributed by atoms with van der Waals surface area (Å²) in [6, 6.07) is 4.97. The van der Waals surface area contributed by atoms with Crippen molar-refractivity contribution < 1.29 is 38.5 Å². The van der Waals surface area contributed by atoms with Crippen molar-refractivity contribution in [2.45, 2.75) is 53.0 Å². The summed E-state index contributed by atoms with van der Waals surface area (Å²) in [5, 5.41) is 13.8. The Kier molecular flexibility index (Phi) is 7.74. The zero-order valence-electron chi connectivity index (χ0n) is 23.3. The Morgan fingerprint density at radius 1 is 1.15 bits per heavy atom. The fourth-order valence-corrected chi connectivity index (χ4v) is 5.22. The number of Topliss-reactive ketones (excluding diaryl/α,β-unsaturated/α-hetero) is 2. The molecular weight excluding hydrogens is 514 g/mol. The van der Waals surface area contributed by atoms with Crippen molar-refractivity contribution in [1.82, 2.24) is 5.32 Å². The molecule has 2 N–H and O–H groups in total. The van der Waals surface area contributed by atoms with Crippen molar-refractivity contribution in [3.63, 3.8) is 0 Å². The Hall–Kier alpha value is -4.58. The summed E-state index contributed by atoms with van der Waals surface area (Å²) in [5.74, 6) is 1.95. The van der Waals surface area contributed by atoms with Gasteiger partial charge in [-0.15, -0.1) is 5.92 Å². The van der Waals surface area contributed by atoms with E-state index in [0.29, 0.717) is 5.75 Å². The van der Waals surface area contributed by atoms with Crippen molar-refractivity contribution in [2.75, 3.05) is 13.7 Å². The van der Waals surface area contributed by atoms with Gasteiger partial charge in [-0.05, 0) is 56.5 Å². The van der Waals surface area contributed by atoms with Crippen LogP contribution in [0, 0.1) is 31.6 Å². The number of hydrogen-bond acceptors (Lipinski definition) is 8. The summed E-state index contributed by atoms with van der Waals surface area (Å²) in [7, 11) is 1.33. The first-order valence-electron chi connectivity index (χ1n) is 12.9. The lowest BCUT2D eigenvalue weighted by Crippen LogP contribution is -2.47. The van der Waals surface area contributed by atoms with Gasteiger partial charge < -0.3 is 24.6 Å². The second kappa shape index (κ2) is 10.9. The lowest BCUT2D eigenvalue weighted by Gasteiger charge is -2.30. The molecule has 2 aromatic rings. The number of methoxy groups -OCH3 is 1. The van der Waals surface area contributed by atoms with Crippen LogP contribution in [0.3, 0.4) is 0 Å². The monoisotopic (exact) mass is 545 g/mol. The minimum atomic E-state index is -1.63. The highest BCUT2D eigenvalue weighted by molar-refractivity contribution is 6.27. The molecule has 1 aliphatic carbocycles. The van der Waals surface area contributed by atoms with E-state index < -0.39 is 34.6 Å². The number of carbonyl (C=O) groups is 4. The van der Waals surface area contributed by atoms with Crippen molar-refractivity contribution >= 4 is 23.3 Å². The van der Waals surface area contributed by atoms with Gasteiger partial charge >= 0.3 is 0 Å². The number of benzene rings is 2. The van der Waals surface area contributed by atoms with E-state index in [1.165, 1.54) is 20.1 Å². The lowest BCUT2D eigenvalue weighted by molar-refractivity contribution is -0.140. The van der Waals surface area contributed by atoms with Crippen LogP contribution in [-0.4, -0.2) is 42.1 Å². The predicted molar refractivity (Wildman–Crippen MR) is 146 cm³/mol. The van der Waals surface area contributed by atoms with E-state index in [1.54, 1.807) is 0 Å². The largest absolute Gasteiger partial charge is 0.507 e. The van der Waals surface area contributed by atoms with Gasteiger partial charge in [-0.3, -0.25) is 19.2 Å². The number of hydrogen-bond donors (Lipinski definition) is 2. The lowest BCUT2D eigenvalue weighted by atomic mass is 9.67. The molecule has 0 saturated carbocycles. The number of phenols is 1. The van der Waals surface area contributed by atoms with E-state index in [2.05, 4.69) is 17.2 Å². The Morgan fingerprint density at radius 2 is 1.82 bits per heavy atom. The maximum atomic E-state index is 13.6. The Bertz CT molecular complexity index is 1520. The number of aromatic hydroxyl groups is 1. The molecule has 0 saturated heterocycles. The number of amides is 1. The van der Waals surface area contributed by atoms with Crippen molar-refractivity contribution in [1.29, 1.82) is 0 Å². The number of ketones is 3. The second-order valence-corrected chi connectivity index (χ2v) is 9.94. The molecule has 208 valence electrons. The topological polar surface area (TPSA) is 128 Å². The molecule has 1 unspecified atom stereocenters. The maximum Gasteiger partial charge on any atom is 0.259 e. The average Bonchev–Trinajstić information content (AvgIpc) is 3.19. The smallest absolute Gasteiger partial charge is 0.259 e. The van der Waals surface area contributed by atoms with E-state index in [0.717, 1.165) is 36.1 Å². The van der Waals surface area contributed by atoms with Crippen molar-refractivity contribution in [3.05, 3.63) is 57.9 Å². The molecule has 2 aliphatic rings. The molecule has 0 fully saturated rings. The van der Waals surface area contributed by atoms with E-state index in [4.69, 9.17) is 14.2 Å². The summed E-state index contributed by atoms with van der Waals surface area (Å²) in [6.07, 6.45) is 1.84. The second-order valence-electron chi connectivity index (χ2n) is 9.94. The van der Waals surface area contributed by atoms with Crippen LogP contribution in [0.15, 0.2) is 30.0 Å². The molecule has 0 radical (unpaired) electrons.